The molecule has 0 aliphatic heterocycles. The first-order valence-corrected chi connectivity index (χ1v) is 4.03. The van der Waals surface area contributed by atoms with E-state index in [9.17, 15) is 0 Å². The molecule has 0 spiro atoms. The van der Waals surface area contributed by atoms with E-state index >= 15 is 0 Å². The van der Waals surface area contributed by atoms with E-state index in [0.29, 0.717) is 12.5 Å². The van der Waals surface area contributed by atoms with Crippen LogP contribution in [0.3, 0.4) is 0 Å². The second-order valence-electron chi connectivity index (χ2n) is 3.02. The van der Waals surface area contributed by atoms with Crippen molar-refractivity contribution in [2.45, 2.75) is 26.4 Å². The topological polar surface area (TPSA) is 35.0 Å². The molecule has 3 nitrogen and oxygen atoms in total. The van der Waals surface area contributed by atoms with Gasteiger partial charge in [-0.25, -0.2) is 9.97 Å². The van der Waals surface area contributed by atoms with Crippen LogP contribution in [-0.4, -0.2) is 17.1 Å². The second-order valence-corrected chi connectivity index (χ2v) is 3.02. The fourth-order valence-corrected chi connectivity index (χ4v) is 0.957. The quantitative estimate of drug-likeness (QED) is 0.686. The highest BCUT2D eigenvalue weighted by atomic mass is 16.5. The number of hydrogen-bond acceptors (Lipinski definition) is 3. The Bertz CT molecular complexity index is 248. The van der Waals surface area contributed by atoms with Gasteiger partial charge in [0.05, 0.1) is 12.3 Å². The molecule has 1 rings (SSSR count). The van der Waals surface area contributed by atoms with Crippen LogP contribution in [0, 0.1) is 0 Å². The third-order valence-electron chi connectivity index (χ3n) is 1.63. The van der Waals surface area contributed by atoms with Crippen LogP contribution >= 0.6 is 0 Å². The van der Waals surface area contributed by atoms with Crippen LogP contribution in [0.25, 0.3) is 0 Å². The van der Waals surface area contributed by atoms with Crippen LogP contribution in [-0.2, 0) is 11.3 Å². The van der Waals surface area contributed by atoms with Crippen molar-refractivity contribution in [3.8, 4) is 0 Å². The van der Waals surface area contributed by atoms with Gasteiger partial charge in [0.15, 0.2) is 0 Å². The highest BCUT2D eigenvalue weighted by Gasteiger charge is 2.01. The number of aromatic nitrogens is 2. The first-order valence-electron chi connectivity index (χ1n) is 4.03. The van der Waals surface area contributed by atoms with E-state index in [1.807, 2.05) is 6.07 Å². The van der Waals surface area contributed by atoms with Crippen molar-refractivity contribution in [2.24, 2.45) is 0 Å². The van der Waals surface area contributed by atoms with Crippen molar-refractivity contribution in [1.82, 2.24) is 9.97 Å². The van der Waals surface area contributed by atoms with Gasteiger partial charge in [-0.2, -0.15) is 0 Å². The zero-order valence-electron chi connectivity index (χ0n) is 7.74. The van der Waals surface area contributed by atoms with Crippen LogP contribution < -0.4 is 0 Å². The number of methoxy groups -OCH3 is 1. The summed E-state index contributed by atoms with van der Waals surface area (Å²) in [4.78, 5) is 8.23. The molecule has 0 fully saturated rings. The molecule has 0 aliphatic rings. The Morgan fingerprint density at radius 3 is 2.75 bits per heavy atom. The second kappa shape index (κ2) is 4.16. The SMILES string of the molecule is COCc1cc(C(C)C)ncn1. The molecule has 0 N–H and O–H groups in total. The summed E-state index contributed by atoms with van der Waals surface area (Å²) in [5.41, 5.74) is 2.01. The smallest absolute Gasteiger partial charge is 0.116 e. The first kappa shape index (κ1) is 9.13. The van der Waals surface area contributed by atoms with Gasteiger partial charge >= 0.3 is 0 Å². The maximum Gasteiger partial charge on any atom is 0.116 e. The van der Waals surface area contributed by atoms with Crippen molar-refractivity contribution in [3.05, 3.63) is 23.8 Å². The van der Waals surface area contributed by atoms with Crippen molar-refractivity contribution >= 4 is 0 Å². The maximum absolute atomic E-state index is 4.97. The van der Waals surface area contributed by atoms with Crippen LogP contribution in [0.15, 0.2) is 12.4 Å². The Kier molecular flexibility index (Phi) is 3.17. The highest BCUT2D eigenvalue weighted by molar-refractivity contribution is 5.10. The molecule has 1 aromatic heterocycles. The lowest BCUT2D eigenvalue weighted by Crippen LogP contribution is -1.98. The van der Waals surface area contributed by atoms with E-state index in [-0.39, 0.29) is 0 Å². The molecular weight excluding hydrogens is 152 g/mol. The van der Waals surface area contributed by atoms with Gasteiger partial charge in [-0.1, -0.05) is 13.8 Å². The first-order chi connectivity index (χ1) is 5.74. The van der Waals surface area contributed by atoms with Crippen molar-refractivity contribution < 1.29 is 4.74 Å². The third-order valence-corrected chi connectivity index (χ3v) is 1.63. The molecule has 12 heavy (non-hydrogen) atoms. The summed E-state index contributed by atoms with van der Waals surface area (Å²) in [6.07, 6.45) is 1.59. The number of ether oxygens (including phenoxy) is 1. The molecule has 1 aromatic rings. The Morgan fingerprint density at radius 1 is 1.42 bits per heavy atom. The summed E-state index contributed by atoms with van der Waals surface area (Å²) in [5.74, 6) is 0.448. The predicted octanol–water partition coefficient (Wildman–Crippen LogP) is 1.75. The zero-order valence-corrected chi connectivity index (χ0v) is 7.74. The molecule has 0 amide bonds. The Labute approximate surface area is 72.8 Å². The standard InChI is InChI=1S/C9H14N2O/c1-7(2)9-4-8(5-12-3)10-6-11-9/h4,6-7H,5H2,1-3H3. The maximum atomic E-state index is 4.97. The molecule has 0 aliphatic carbocycles. The summed E-state index contributed by atoms with van der Waals surface area (Å²) in [5, 5.41) is 0. The summed E-state index contributed by atoms with van der Waals surface area (Å²) in [6.45, 7) is 4.78. The monoisotopic (exact) mass is 166 g/mol. The highest BCUT2D eigenvalue weighted by Crippen LogP contribution is 2.10. The summed E-state index contributed by atoms with van der Waals surface area (Å²) in [6, 6.07) is 1.98. The molecule has 0 saturated heterocycles. The van der Waals surface area contributed by atoms with E-state index in [1.54, 1.807) is 13.4 Å². The minimum Gasteiger partial charge on any atom is -0.378 e. The van der Waals surface area contributed by atoms with Crippen molar-refractivity contribution in [1.29, 1.82) is 0 Å². The number of nitrogens with zero attached hydrogens (tertiary/aromatic N) is 2. The molecule has 0 atom stereocenters. The van der Waals surface area contributed by atoms with E-state index in [2.05, 4.69) is 23.8 Å². The van der Waals surface area contributed by atoms with E-state index in [4.69, 9.17) is 4.74 Å². The normalized spacial score (nSPS) is 10.7. The lowest BCUT2D eigenvalue weighted by Gasteiger charge is -2.04. The molecule has 0 saturated carbocycles. The Hall–Kier alpha value is -0.960. The fourth-order valence-electron chi connectivity index (χ4n) is 0.957. The molecule has 1 heterocycles. The molecule has 0 radical (unpaired) electrons. The summed E-state index contributed by atoms with van der Waals surface area (Å²) >= 11 is 0. The number of rotatable bonds is 3. The van der Waals surface area contributed by atoms with Crippen LogP contribution in [0.4, 0.5) is 0 Å². The molecule has 0 unspecified atom stereocenters. The van der Waals surface area contributed by atoms with Crippen LogP contribution in [0.2, 0.25) is 0 Å². The van der Waals surface area contributed by atoms with Gasteiger partial charge in [-0.3, -0.25) is 0 Å². The third kappa shape index (κ3) is 2.27. The van der Waals surface area contributed by atoms with Gasteiger partial charge in [0, 0.05) is 12.8 Å². The van der Waals surface area contributed by atoms with E-state index in [0.717, 1.165) is 11.4 Å². The summed E-state index contributed by atoms with van der Waals surface area (Å²) in [7, 11) is 1.66. The molecule has 3 heteroatoms. The largest absolute Gasteiger partial charge is 0.378 e. The Balaban J connectivity index is 2.81. The number of hydrogen-bond donors (Lipinski definition) is 0. The fraction of sp³-hybridized carbons (Fsp3) is 0.556. The van der Waals surface area contributed by atoms with Crippen molar-refractivity contribution in [2.75, 3.05) is 7.11 Å². The van der Waals surface area contributed by atoms with Crippen molar-refractivity contribution in [3.63, 3.8) is 0 Å². The van der Waals surface area contributed by atoms with Crippen LogP contribution in [0.5, 0.6) is 0 Å². The molecule has 66 valence electrons. The van der Waals surface area contributed by atoms with Gasteiger partial charge in [0.1, 0.15) is 6.33 Å². The van der Waals surface area contributed by atoms with E-state index in [1.165, 1.54) is 0 Å². The van der Waals surface area contributed by atoms with Gasteiger partial charge in [-0.05, 0) is 12.0 Å². The predicted molar refractivity (Wildman–Crippen MR) is 46.8 cm³/mol. The Morgan fingerprint density at radius 2 is 2.17 bits per heavy atom. The van der Waals surface area contributed by atoms with Gasteiger partial charge in [0.25, 0.3) is 0 Å². The lowest BCUT2D eigenvalue weighted by molar-refractivity contribution is 0.181. The van der Waals surface area contributed by atoms with E-state index < -0.39 is 0 Å². The minimum absolute atomic E-state index is 0.448. The molecular formula is C9H14N2O. The zero-order chi connectivity index (χ0) is 8.97. The van der Waals surface area contributed by atoms with Gasteiger partial charge in [-0.15, -0.1) is 0 Å². The lowest BCUT2D eigenvalue weighted by atomic mass is 10.1. The van der Waals surface area contributed by atoms with Gasteiger partial charge < -0.3 is 4.74 Å². The minimum atomic E-state index is 0.448. The van der Waals surface area contributed by atoms with Crippen LogP contribution in [0.1, 0.15) is 31.2 Å². The summed E-state index contributed by atoms with van der Waals surface area (Å²) < 4.78 is 4.97. The molecule has 0 bridgehead atoms. The molecule has 0 aromatic carbocycles. The van der Waals surface area contributed by atoms with Gasteiger partial charge in [0.2, 0.25) is 0 Å². The average Bonchev–Trinajstić information content (AvgIpc) is 2.05. The average molecular weight is 166 g/mol.